The van der Waals surface area contributed by atoms with Crippen LogP contribution in [0.5, 0.6) is 0 Å². The predicted molar refractivity (Wildman–Crippen MR) is 106 cm³/mol. The number of hydrogen-bond acceptors (Lipinski definition) is 7. The zero-order valence-electron chi connectivity index (χ0n) is 14.4. The quantitative estimate of drug-likeness (QED) is 0.455. The highest BCUT2D eigenvalue weighted by molar-refractivity contribution is 6.33. The van der Waals surface area contributed by atoms with Gasteiger partial charge in [-0.3, -0.25) is 15.2 Å². The van der Waals surface area contributed by atoms with Gasteiger partial charge in [0.1, 0.15) is 5.69 Å². The highest BCUT2D eigenvalue weighted by atomic mass is 35.5. The molecule has 2 N–H and O–H groups in total. The summed E-state index contributed by atoms with van der Waals surface area (Å²) in [6, 6.07) is 19.3. The van der Waals surface area contributed by atoms with E-state index in [1.165, 1.54) is 6.07 Å². The first-order valence-corrected chi connectivity index (χ1v) is 8.58. The Morgan fingerprint density at radius 2 is 1.46 bits per heavy atom. The third kappa shape index (κ3) is 3.99. The molecule has 7 nitrogen and oxygen atoms in total. The van der Waals surface area contributed by atoms with Crippen molar-refractivity contribution in [3.05, 3.63) is 105 Å². The second-order valence-corrected chi connectivity index (χ2v) is 6.39. The van der Waals surface area contributed by atoms with Crippen LogP contribution in [0.1, 0.15) is 27.4 Å². The Hall–Kier alpha value is -2.94. The molecule has 0 bridgehead atoms. The first-order valence-electron chi connectivity index (χ1n) is 8.20. The van der Waals surface area contributed by atoms with Crippen LogP contribution >= 0.6 is 11.6 Å². The van der Waals surface area contributed by atoms with E-state index in [1.807, 2.05) is 0 Å². The van der Waals surface area contributed by atoms with Crippen molar-refractivity contribution in [3.63, 3.8) is 0 Å². The molecule has 0 unspecified atom stereocenters. The van der Waals surface area contributed by atoms with E-state index in [-0.39, 0.29) is 27.3 Å². The molecule has 8 heteroatoms. The smallest absolute Gasteiger partial charge is 0.174 e. The van der Waals surface area contributed by atoms with Crippen LogP contribution in [0.2, 0.25) is 5.02 Å². The van der Waals surface area contributed by atoms with Gasteiger partial charge in [-0.15, -0.1) is 5.23 Å². The van der Waals surface area contributed by atoms with Gasteiger partial charge in [0.05, 0.1) is 10.9 Å². The Bertz CT molecular complexity index is 965. The van der Waals surface area contributed by atoms with Crippen LogP contribution in [0.25, 0.3) is 0 Å². The molecule has 28 heavy (non-hydrogen) atoms. The second-order valence-electron chi connectivity index (χ2n) is 5.98. The van der Waals surface area contributed by atoms with Crippen LogP contribution in [-0.4, -0.2) is 16.2 Å². The Morgan fingerprint density at radius 1 is 0.893 bits per heavy atom. The number of halogens is 1. The highest BCUT2D eigenvalue weighted by Gasteiger charge is 2.28. The van der Waals surface area contributed by atoms with Gasteiger partial charge in [-0.05, 0) is 23.3 Å². The van der Waals surface area contributed by atoms with E-state index in [0.717, 1.165) is 6.07 Å². The van der Waals surface area contributed by atoms with E-state index in [1.54, 1.807) is 60.7 Å². The fourth-order valence-electron chi connectivity index (χ4n) is 3.00. The zero-order valence-corrected chi connectivity index (χ0v) is 15.2. The molecule has 0 aliphatic rings. The molecule has 0 saturated carbocycles. The average molecular weight is 399 g/mol. The van der Waals surface area contributed by atoms with Crippen LogP contribution in [0.15, 0.2) is 72.8 Å². The monoisotopic (exact) mass is 398 g/mol. The molecule has 0 radical (unpaired) electrons. The number of benzene rings is 3. The molecule has 3 aromatic carbocycles. The molecule has 0 saturated heterocycles. The average Bonchev–Trinajstić information content (AvgIpc) is 2.69. The van der Waals surface area contributed by atoms with Crippen LogP contribution in [-0.2, 0) is 0 Å². The van der Waals surface area contributed by atoms with Gasteiger partial charge < -0.3 is 15.6 Å². The minimum atomic E-state index is -0.960. The summed E-state index contributed by atoms with van der Waals surface area (Å²) in [5, 5.41) is 40.5. The summed E-state index contributed by atoms with van der Waals surface area (Å²) in [6.07, 6.45) is 0. The first-order chi connectivity index (χ1) is 13.4. The molecule has 0 fully saturated rings. The van der Waals surface area contributed by atoms with E-state index in [9.17, 15) is 25.6 Å². The van der Waals surface area contributed by atoms with Crippen molar-refractivity contribution < 1.29 is 15.2 Å². The van der Waals surface area contributed by atoms with Gasteiger partial charge in [0.2, 0.25) is 0 Å². The molecule has 1 atom stereocenters. The molecular formula is C20H15ClN2O5-2. The number of anilines is 2. The summed E-state index contributed by atoms with van der Waals surface area (Å²) in [5.41, 5.74) is 0.283. The first kappa shape index (κ1) is 19.8. The molecule has 0 heterocycles. The van der Waals surface area contributed by atoms with Gasteiger partial charge in [0.15, 0.2) is 5.78 Å². The van der Waals surface area contributed by atoms with E-state index in [2.05, 4.69) is 0 Å². The van der Waals surface area contributed by atoms with Crippen molar-refractivity contribution in [2.24, 2.45) is 0 Å². The van der Waals surface area contributed by atoms with Crippen molar-refractivity contribution in [2.45, 2.75) is 5.92 Å². The van der Waals surface area contributed by atoms with Crippen LogP contribution in [0, 0.1) is 10.4 Å². The van der Waals surface area contributed by atoms with Crippen molar-refractivity contribution in [1.82, 2.24) is 0 Å². The summed E-state index contributed by atoms with van der Waals surface area (Å²) < 4.78 is 0. The standard InChI is InChI=1S/C20H15ClN2O5/c21-16-11-15(17(22(25)26)12-18(16)23(27)28)19(13-7-3-1-4-8-13)20(24)14-9-5-2-6-10-14/h1-12,19,25-26H/q-2/t19-/m1/s1. The fourth-order valence-corrected chi connectivity index (χ4v) is 3.24. The summed E-state index contributed by atoms with van der Waals surface area (Å²) in [4.78, 5) is 13.3. The largest absolute Gasteiger partial charge is 0.769 e. The van der Waals surface area contributed by atoms with Crippen molar-refractivity contribution in [1.29, 1.82) is 0 Å². The molecule has 0 aromatic heterocycles. The van der Waals surface area contributed by atoms with Crippen LogP contribution in [0.3, 0.4) is 0 Å². The molecule has 0 aliphatic heterocycles. The van der Waals surface area contributed by atoms with Gasteiger partial charge >= 0.3 is 0 Å². The number of carbonyl (C=O) groups is 1. The molecule has 3 aromatic rings. The van der Waals surface area contributed by atoms with Crippen molar-refractivity contribution in [3.8, 4) is 0 Å². The summed E-state index contributed by atoms with van der Waals surface area (Å²) in [7, 11) is 0. The highest BCUT2D eigenvalue weighted by Crippen LogP contribution is 2.40. The van der Waals surface area contributed by atoms with Crippen molar-refractivity contribution >= 4 is 28.8 Å². The Balaban J connectivity index is 2.24. The lowest BCUT2D eigenvalue weighted by atomic mass is 9.84. The number of ketones is 1. The Kier molecular flexibility index (Phi) is 5.93. The van der Waals surface area contributed by atoms with Crippen LogP contribution < -0.4 is 10.5 Å². The summed E-state index contributed by atoms with van der Waals surface area (Å²) >= 11 is 6.05. The predicted octanol–water partition coefficient (Wildman–Crippen LogP) is 4.74. The molecule has 144 valence electrons. The van der Waals surface area contributed by atoms with E-state index < -0.39 is 16.8 Å². The van der Waals surface area contributed by atoms with Crippen molar-refractivity contribution in [2.75, 3.05) is 10.5 Å². The number of carbonyl (C=O) groups excluding carboxylic acids is 1. The maximum Gasteiger partial charge on any atom is 0.174 e. The normalized spacial score (nSPS) is 11.8. The van der Waals surface area contributed by atoms with E-state index >= 15 is 0 Å². The fraction of sp³-hybridized carbons (Fsp3) is 0.0500. The number of nitrogens with zero attached hydrogens (tertiary/aromatic N) is 2. The minimum Gasteiger partial charge on any atom is -0.769 e. The summed E-state index contributed by atoms with van der Waals surface area (Å²) in [6.45, 7) is 0. The lowest BCUT2D eigenvalue weighted by Crippen LogP contribution is -2.21. The van der Waals surface area contributed by atoms with E-state index in [4.69, 9.17) is 11.6 Å². The maximum atomic E-state index is 13.3. The molecule has 3 rings (SSSR count). The Labute approximate surface area is 165 Å². The summed E-state index contributed by atoms with van der Waals surface area (Å²) in [5.74, 6) is -1.28. The third-order valence-corrected chi connectivity index (χ3v) is 4.58. The number of hydrogen-bond donors (Lipinski definition) is 2. The van der Waals surface area contributed by atoms with Gasteiger partial charge in [0, 0.05) is 11.3 Å². The lowest BCUT2D eigenvalue weighted by Gasteiger charge is -2.39. The minimum absolute atomic E-state index is 0.126. The zero-order chi connectivity index (χ0) is 20.3. The van der Waals surface area contributed by atoms with Gasteiger partial charge in [-0.25, -0.2) is 0 Å². The topological polar surface area (TPSA) is 110 Å². The third-order valence-electron chi connectivity index (χ3n) is 4.27. The number of Topliss-reactive ketones (excluding diaryl/α,β-unsaturated/α-hetero) is 1. The number of rotatable bonds is 6. The van der Waals surface area contributed by atoms with Crippen LogP contribution in [0.4, 0.5) is 11.4 Å². The molecule has 0 aliphatic carbocycles. The molecular weight excluding hydrogens is 384 g/mol. The van der Waals surface area contributed by atoms with E-state index in [0.29, 0.717) is 11.1 Å². The van der Waals surface area contributed by atoms with Gasteiger partial charge in [-0.1, -0.05) is 72.3 Å². The molecule has 0 amide bonds. The van der Waals surface area contributed by atoms with Gasteiger partial charge in [-0.2, -0.15) is 0 Å². The second kappa shape index (κ2) is 8.39. The van der Waals surface area contributed by atoms with Gasteiger partial charge in [0.25, 0.3) is 0 Å². The SMILES string of the molecule is O=C(c1ccccc1)[C@H](c1ccccc1)c1cc(Cl)c(N([O-])[O-])cc1N(O)O. The Morgan fingerprint density at radius 3 is 2.00 bits per heavy atom. The maximum absolute atomic E-state index is 13.3. The molecule has 0 spiro atoms. The lowest BCUT2D eigenvalue weighted by molar-refractivity contribution is 0.0286.